The lowest BCUT2D eigenvalue weighted by atomic mass is 9.86. The molecule has 0 radical (unpaired) electrons. The SMILES string of the molecule is Cl.OC(CCCCN1CCC(=C2c3ccccc3C=Cc3ccccc32)CC1)c1ccc(F)cc1. The van der Waals surface area contributed by atoms with Gasteiger partial charge < -0.3 is 10.0 Å². The van der Waals surface area contributed by atoms with Crippen molar-refractivity contribution in [2.24, 2.45) is 0 Å². The van der Waals surface area contributed by atoms with Crippen molar-refractivity contribution in [2.75, 3.05) is 19.6 Å². The topological polar surface area (TPSA) is 23.5 Å². The zero-order valence-corrected chi connectivity index (χ0v) is 20.8. The summed E-state index contributed by atoms with van der Waals surface area (Å²) in [6.45, 7) is 3.22. The first kappa shape index (κ1) is 25.4. The molecule has 3 aromatic rings. The Balaban J connectivity index is 0.00000289. The average Bonchev–Trinajstić information content (AvgIpc) is 3.04. The van der Waals surface area contributed by atoms with Gasteiger partial charge in [-0.25, -0.2) is 4.39 Å². The first-order valence-electron chi connectivity index (χ1n) is 12.4. The highest BCUT2D eigenvalue weighted by Gasteiger charge is 2.22. The van der Waals surface area contributed by atoms with Crippen LogP contribution in [0.2, 0.25) is 0 Å². The number of piperidine rings is 1. The maximum absolute atomic E-state index is 13.1. The van der Waals surface area contributed by atoms with Gasteiger partial charge in [0.1, 0.15) is 5.82 Å². The lowest BCUT2D eigenvalue weighted by Gasteiger charge is -2.30. The van der Waals surface area contributed by atoms with Gasteiger partial charge in [0.2, 0.25) is 0 Å². The van der Waals surface area contributed by atoms with Crippen molar-refractivity contribution < 1.29 is 9.50 Å². The van der Waals surface area contributed by atoms with Crippen LogP contribution in [-0.4, -0.2) is 29.6 Å². The van der Waals surface area contributed by atoms with Crippen molar-refractivity contribution in [1.82, 2.24) is 4.90 Å². The maximum atomic E-state index is 13.1. The van der Waals surface area contributed by atoms with Gasteiger partial charge in [-0.15, -0.1) is 12.4 Å². The Hall–Kier alpha value is -2.72. The normalized spacial score (nSPS) is 16.2. The molecule has 2 nitrogen and oxygen atoms in total. The Morgan fingerprint density at radius 3 is 1.94 bits per heavy atom. The van der Waals surface area contributed by atoms with E-state index in [4.69, 9.17) is 0 Å². The quantitative estimate of drug-likeness (QED) is 0.283. The molecular weight excluding hydrogens is 457 g/mol. The molecule has 182 valence electrons. The standard InChI is InChI=1S/C31H32FNO.ClH/c32-27-16-14-25(15-17-27)30(34)11-5-6-20-33-21-18-26(19-22-33)31-28-9-3-1-7-23(28)12-13-24-8-2-4-10-29(24)31;/h1-4,7-10,12-17,30,34H,5-6,11,18-22H2;1H. The number of hydrogen-bond acceptors (Lipinski definition) is 2. The molecule has 1 aliphatic heterocycles. The molecule has 1 aliphatic carbocycles. The van der Waals surface area contributed by atoms with E-state index in [1.165, 1.54) is 40.0 Å². The number of hydrogen-bond donors (Lipinski definition) is 1. The van der Waals surface area contributed by atoms with E-state index in [2.05, 4.69) is 65.6 Å². The zero-order valence-electron chi connectivity index (χ0n) is 20.0. The van der Waals surface area contributed by atoms with Crippen LogP contribution in [0.25, 0.3) is 17.7 Å². The van der Waals surface area contributed by atoms with Gasteiger partial charge in [-0.1, -0.05) is 78.4 Å². The molecule has 35 heavy (non-hydrogen) atoms. The minimum absolute atomic E-state index is 0. The summed E-state index contributed by atoms with van der Waals surface area (Å²) in [6.07, 6.45) is 8.92. The fourth-order valence-electron chi connectivity index (χ4n) is 5.27. The zero-order chi connectivity index (χ0) is 23.3. The van der Waals surface area contributed by atoms with Crippen LogP contribution < -0.4 is 0 Å². The van der Waals surface area contributed by atoms with Crippen molar-refractivity contribution in [3.63, 3.8) is 0 Å². The van der Waals surface area contributed by atoms with Gasteiger partial charge in [0.05, 0.1) is 6.10 Å². The summed E-state index contributed by atoms with van der Waals surface area (Å²) < 4.78 is 13.1. The van der Waals surface area contributed by atoms with Crippen LogP contribution in [0.4, 0.5) is 4.39 Å². The van der Waals surface area contributed by atoms with E-state index in [9.17, 15) is 9.50 Å². The third-order valence-electron chi connectivity index (χ3n) is 7.17. The highest BCUT2D eigenvalue weighted by atomic mass is 35.5. The Morgan fingerprint density at radius 1 is 0.771 bits per heavy atom. The van der Waals surface area contributed by atoms with E-state index in [0.29, 0.717) is 0 Å². The molecule has 2 aliphatic rings. The number of nitrogens with zero attached hydrogens (tertiary/aromatic N) is 1. The summed E-state index contributed by atoms with van der Waals surface area (Å²) in [7, 11) is 0. The lowest BCUT2D eigenvalue weighted by molar-refractivity contribution is 0.160. The summed E-state index contributed by atoms with van der Waals surface area (Å²) in [4.78, 5) is 2.56. The molecule has 1 atom stereocenters. The molecule has 0 amide bonds. The Kier molecular flexibility index (Phi) is 8.56. The molecule has 4 heteroatoms. The number of fused-ring (bicyclic) bond motifs is 2. The van der Waals surface area contributed by atoms with Crippen molar-refractivity contribution in [2.45, 2.75) is 38.2 Å². The second kappa shape index (κ2) is 11.8. The number of halogens is 2. The second-order valence-electron chi connectivity index (χ2n) is 9.39. The molecule has 0 saturated carbocycles. The Bertz CT molecular complexity index is 1140. The minimum Gasteiger partial charge on any atom is -0.388 e. The van der Waals surface area contributed by atoms with E-state index < -0.39 is 6.10 Å². The molecular formula is C31H33ClFNO. The van der Waals surface area contributed by atoms with Crippen LogP contribution in [0.3, 0.4) is 0 Å². The van der Waals surface area contributed by atoms with Crippen molar-refractivity contribution in [3.05, 3.63) is 112 Å². The summed E-state index contributed by atoms with van der Waals surface area (Å²) >= 11 is 0. The predicted octanol–water partition coefficient (Wildman–Crippen LogP) is 7.53. The van der Waals surface area contributed by atoms with E-state index in [1.807, 2.05) is 0 Å². The van der Waals surface area contributed by atoms with E-state index in [-0.39, 0.29) is 18.2 Å². The first-order chi connectivity index (χ1) is 16.7. The van der Waals surface area contributed by atoms with Gasteiger partial charge in [0.15, 0.2) is 0 Å². The van der Waals surface area contributed by atoms with E-state index in [1.54, 1.807) is 17.7 Å². The fourth-order valence-corrected chi connectivity index (χ4v) is 5.27. The minimum atomic E-state index is -0.512. The highest BCUT2D eigenvalue weighted by Crippen LogP contribution is 2.38. The molecule has 0 spiro atoms. The molecule has 1 heterocycles. The largest absolute Gasteiger partial charge is 0.388 e. The van der Waals surface area contributed by atoms with Crippen molar-refractivity contribution >= 4 is 30.1 Å². The van der Waals surface area contributed by atoms with Crippen molar-refractivity contribution in [3.8, 4) is 0 Å². The Labute approximate surface area is 214 Å². The van der Waals surface area contributed by atoms with Crippen LogP contribution in [0.5, 0.6) is 0 Å². The Morgan fingerprint density at radius 2 is 1.34 bits per heavy atom. The third kappa shape index (κ3) is 5.92. The number of aliphatic hydroxyl groups excluding tert-OH is 1. The second-order valence-corrected chi connectivity index (χ2v) is 9.39. The van der Waals surface area contributed by atoms with Crippen LogP contribution in [-0.2, 0) is 0 Å². The number of benzene rings is 3. The lowest BCUT2D eigenvalue weighted by Crippen LogP contribution is -2.32. The molecule has 0 aromatic heterocycles. The summed E-state index contributed by atoms with van der Waals surface area (Å²) in [5, 5.41) is 10.4. The van der Waals surface area contributed by atoms with Gasteiger partial charge in [-0.2, -0.15) is 0 Å². The van der Waals surface area contributed by atoms with Crippen LogP contribution >= 0.6 is 12.4 Å². The number of likely N-dealkylation sites (tertiary alicyclic amines) is 1. The number of unbranched alkanes of at least 4 members (excludes halogenated alkanes) is 1. The number of aliphatic hydroxyl groups is 1. The van der Waals surface area contributed by atoms with Gasteiger partial charge in [0.25, 0.3) is 0 Å². The average molecular weight is 490 g/mol. The van der Waals surface area contributed by atoms with Crippen LogP contribution in [0, 0.1) is 5.82 Å². The van der Waals surface area contributed by atoms with Crippen molar-refractivity contribution in [1.29, 1.82) is 0 Å². The first-order valence-corrected chi connectivity index (χ1v) is 12.4. The monoisotopic (exact) mass is 489 g/mol. The molecule has 1 fully saturated rings. The molecule has 0 bridgehead atoms. The predicted molar refractivity (Wildman–Crippen MR) is 146 cm³/mol. The molecule has 1 saturated heterocycles. The van der Waals surface area contributed by atoms with Gasteiger partial charge >= 0.3 is 0 Å². The summed E-state index contributed by atoms with van der Waals surface area (Å²) in [5.74, 6) is -0.262. The molecule has 3 aromatic carbocycles. The summed E-state index contributed by atoms with van der Waals surface area (Å²) in [6, 6.07) is 23.7. The van der Waals surface area contributed by atoms with Crippen LogP contribution in [0.1, 0.15) is 66.0 Å². The van der Waals surface area contributed by atoms with E-state index in [0.717, 1.165) is 57.3 Å². The summed E-state index contributed by atoms with van der Waals surface area (Å²) in [5.41, 5.74) is 9.08. The van der Waals surface area contributed by atoms with E-state index >= 15 is 0 Å². The highest BCUT2D eigenvalue weighted by molar-refractivity contribution is 5.94. The maximum Gasteiger partial charge on any atom is 0.123 e. The van der Waals surface area contributed by atoms with Gasteiger partial charge in [-0.05, 0) is 84.2 Å². The fraction of sp³-hybridized carbons (Fsp3) is 0.290. The molecule has 1 unspecified atom stereocenters. The molecule has 1 N–H and O–H groups in total. The smallest absolute Gasteiger partial charge is 0.123 e. The molecule has 5 rings (SSSR count). The van der Waals surface area contributed by atoms with Crippen LogP contribution in [0.15, 0.2) is 78.4 Å². The third-order valence-corrected chi connectivity index (χ3v) is 7.17. The number of rotatable bonds is 6. The van der Waals surface area contributed by atoms with Gasteiger partial charge in [-0.3, -0.25) is 0 Å². The van der Waals surface area contributed by atoms with Gasteiger partial charge in [0, 0.05) is 13.1 Å².